The maximum Gasteiger partial charge on any atom is 0.253 e. The maximum atomic E-state index is 2.42. The Morgan fingerprint density at radius 1 is 0.773 bits per heavy atom. The zero-order valence-electron chi connectivity index (χ0n) is 15.4. The molecule has 0 aliphatic rings. The molecule has 0 spiro atoms. The summed E-state index contributed by atoms with van der Waals surface area (Å²) >= 11 is 0. The third-order valence-electron chi connectivity index (χ3n) is 4.72. The minimum atomic E-state index is 1.15. The van der Waals surface area contributed by atoms with Crippen molar-refractivity contribution in [1.29, 1.82) is 0 Å². The van der Waals surface area contributed by atoms with Gasteiger partial charge in [-0.2, -0.15) is 0 Å². The van der Waals surface area contributed by atoms with Crippen LogP contribution in [0.2, 0.25) is 0 Å². The van der Waals surface area contributed by atoms with Gasteiger partial charge in [0, 0.05) is 6.92 Å². The molecule has 0 radical (unpaired) electrons. The number of aryl methyl sites for hydroxylation is 2. The minimum absolute atomic E-state index is 1.15. The second kappa shape index (κ2) is 12.7. The highest BCUT2D eigenvalue weighted by Crippen LogP contribution is 2.11. The van der Waals surface area contributed by atoms with Crippen LogP contribution in [0.3, 0.4) is 0 Å². The van der Waals surface area contributed by atoms with Crippen molar-refractivity contribution in [3.8, 4) is 0 Å². The first kappa shape index (κ1) is 19.3. The quantitative estimate of drug-likeness (QED) is 0.303. The molecule has 2 nitrogen and oxygen atoms in total. The number of hydrogen-bond acceptors (Lipinski definition) is 0. The monoisotopic (exact) mass is 307 g/mol. The fourth-order valence-electron chi connectivity index (χ4n) is 3.20. The van der Waals surface area contributed by atoms with E-state index in [0.29, 0.717) is 0 Å². The van der Waals surface area contributed by atoms with Crippen molar-refractivity contribution in [3.05, 3.63) is 18.2 Å². The van der Waals surface area contributed by atoms with Crippen LogP contribution in [0, 0.1) is 6.92 Å². The van der Waals surface area contributed by atoms with Crippen LogP contribution in [-0.2, 0) is 13.1 Å². The molecule has 0 bridgehead atoms. The van der Waals surface area contributed by atoms with E-state index in [4.69, 9.17) is 0 Å². The summed E-state index contributed by atoms with van der Waals surface area (Å²) in [6.45, 7) is 9.12. The zero-order chi connectivity index (χ0) is 16.0. The van der Waals surface area contributed by atoms with Gasteiger partial charge in [-0.1, -0.05) is 71.6 Å². The summed E-state index contributed by atoms with van der Waals surface area (Å²) in [5.41, 5.74) is 0. The highest BCUT2D eigenvalue weighted by molar-refractivity contribution is 4.79. The molecule has 0 N–H and O–H groups in total. The van der Waals surface area contributed by atoms with Crippen molar-refractivity contribution in [2.45, 2.75) is 111 Å². The summed E-state index contributed by atoms with van der Waals surface area (Å²) in [4.78, 5) is 0. The van der Waals surface area contributed by atoms with Crippen LogP contribution in [0.1, 0.15) is 96.7 Å². The zero-order valence-corrected chi connectivity index (χ0v) is 15.4. The lowest BCUT2D eigenvalue weighted by molar-refractivity contribution is -0.702. The lowest BCUT2D eigenvalue weighted by Gasteiger charge is -2.03. The fraction of sp³-hybridized carbons (Fsp3) is 0.850. The molecule has 2 heteroatoms. The van der Waals surface area contributed by atoms with E-state index in [9.17, 15) is 0 Å². The van der Waals surface area contributed by atoms with Gasteiger partial charge in [0.2, 0.25) is 0 Å². The van der Waals surface area contributed by atoms with Crippen molar-refractivity contribution in [2.24, 2.45) is 0 Å². The molecule has 0 fully saturated rings. The highest BCUT2D eigenvalue weighted by Gasteiger charge is 2.10. The third kappa shape index (κ3) is 8.00. The molecule has 128 valence electrons. The molecular formula is C20H39N2+. The molecule has 0 aromatic carbocycles. The average Bonchev–Trinajstić information content (AvgIpc) is 2.86. The second-order valence-electron chi connectivity index (χ2n) is 6.77. The van der Waals surface area contributed by atoms with Gasteiger partial charge in [-0.25, -0.2) is 9.13 Å². The van der Waals surface area contributed by atoms with Gasteiger partial charge in [-0.15, -0.1) is 0 Å². The molecule has 0 unspecified atom stereocenters. The first-order valence-corrected chi connectivity index (χ1v) is 9.84. The van der Waals surface area contributed by atoms with Crippen LogP contribution in [0.5, 0.6) is 0 Å². The van der Waals surface area contributed by atoms with E-state index in [1.54, 1.807) is 0 Å². The van der Waals surface area contributed by atoms with E-state index in [0.717, 1.165) is 6.54 Å². The van der Waals surface area contributed by atoms with Crippen LogP contribution in [-0.4, -0.2) is 4.57 Å². The number of unbranched alkanes of at least 4 members (excludes halogenated alkanes) is 10. The molecule has 0 saturated heterocycles. The van der Waals surface area contributed by atoms with Crippen molar-refractivity contribution in [3.63, 3.8) is 0 Å². The normalized spacial score (nSPS) is 11.2. The molecule has 1 rings (SSSR count). The van der Waals surface area contributed by atoms with Gasteiger partial charge in [0.25, 0.3) is 5.82 Å². The molecule has 1 aromatic rings. The second-order valence-corrected chi connectivity index (χ2v) is 6.77. The Bertz CT molecular complexity index is 368. The summed E-state index contributed by atoms with van der Waals surface area (Å²) in [7, 11) is 0. The Morgan fingerprint density at radius 2 is 1.32 bits per heavy atom. The maximum absolute atomic E-state index is 2.42. The molecular weight excluding hydrogens is 268 g/mol. The van der Waals surface area contributed by atoms with Crippen LogP contribution >= 0.6 is 0 Å². The minimum Gasteiger partial charge on any atom is -0.235 e. The molecule has 0 aliphatic heterocycles. The molecule has 1 aromatic heterocycles. The molecule has 1 heterocycles. The number of imidazole rings is 1. The number of nitrogens with zero attached hydrogens (tertiary/aromatic N) is 2. The summed E-state index contributed by atoms with van der Waals surface area (Å²) in [6.07, 6.45) is 21.3. The lowest BCUT2D eigenvalue weighted by Crippen LogP contribution is -2.35. The molecule has 22 heavy (non-hydrogen) atoms. The largest absolute Gasteiger partial charge is 0.253 e. The van der Waals surface area contributed by atoms with E-state index in [2.05, 4.69) is 42.3 Å². The van der Waals surface area contributed by atoms with Gasteiger partial charge in [0.1, 0.15) is 12.4 Å². The van der Waals surface area contributed by atoms with Gasteiger partial charge >= 0.3 is 0 Å². The first-order chi connectivity index (χ1) is 10.8. The van der Waals surface area contributed by atoms with Gasteiger partial charge in [0.05, 0.1) is 13.1 Å². The van der Waals surface area contributed by atoms with Crippen LogP contribution < -0.4 is 4.57 Å². The van der Waals surface area contributed by atoms with E-state index in [1.165, 1.54) is 89.4 Å². The van der Waals surface area contributed by atoms with Crippen molar-refractivity contribution >= 4 is 0 Å². The van der Waals surface area contributed by atoms with Gasteiger partial charge in [0.15, 0.2) is 0 Å². The SMILES string of the molecule is CCCCCCCCCCCCC[n+]1ccn(CCC)c1C. The van der Waals surface area contributed by atoms with Crippen LogP contribution in [0.15, 0.2) is 12.4 Å². The van der Waals surface area contributed by atoms with Crippen LogP contribution in [0.25, 0.3) is 0 Å². The van der Waals surface area contributed by atoms with Gasteiger partial charge in [-0.05, 0) is 19.3 Å². The summed E-state index contributed by atoms with van der Waals surface area (Å²) in [6, 6.07) is 0. The smallest absolute Gasteiger partial charge is 0.235 e. The Labute approximate surface area is 138 Å². The van der Waals surface area contributed by atoms with Crippen molar-refractivity contribution < 1.29 is 4.57 Å². The number of rotatable bonds is 14. The summed E-state index contributed by atoms with van der Waals surface area (Å²) in [5, 5.41) is 0. The molecule has 0 aliphatic carbocycles. The van der Waals surface area contributed by atoms with Crippen molar-refractivity contribution in [1.82, 2.24) is 4.57 Å². The molecule has 0 atom stereocenters. The topological polar surface area (TPSA) is 8.81 Å². The van der Waals surface area contributed by atoms with E-state index in [1.807, 2.05) is 0 Å². The predicted octanol–water partition coefficient (Wildman–Crippen LogP) is 5.81. The number of hydrogen-bond donors (Lipinski definition) is 0. The van der Waals surface area contributed by atoms with E-state index >= 15 is 0 Å². The Balaban J connectivity index is 1.95. The van der Waals surface area contributed by atoms with Gasteiger partial charge < -0.3 is 0 Å². The Kier molecular flexibility index (Phi) is 11.1. The van der Waals surface area contributed by atoms with E-state index < -0.39 is 0 Å². The summed E-state index contributed by atoms with van der Waals surface area (Å²) in [5.74, 6) is 1.41. The Morgan fingerprint density at radius 3 is 1.86 bits per heavy atom. The summed E-state index contributed by atoms with van der Waals surface area (Å²) < 4.78 is 4.79. The van der Waals surface area contributed by atoms with E-state index in [-0.39, 0.29) is 0 Å². The predicted molar refractivity (Wildman–Crippen MR) is 96.1 cm³/mol. The fourth-order valence-corrected chi connectivity index (χ4v) is 3.20. The molecule has 0 saturated carbocycles. The average molecular weight is 308 g/mol. The van der Waals surface area contributed by atoms with Crippen LogP contribution in [0.4, 0.5) is 0 Å². The first-order valence-electron chi connectivity index (χ1n) is 9.84. The molecule has 0 amide bonds. The van der Waals surface area contributed by atoms with Gasteiger partial charge in [-0.3, -0.25) is 0 Å². The Hall–Kier alpha value is -0.790. The number of aromatic nitrogens is 2. The highest BCUT2D eigenvalue weighted by atomic mass is 15.1. The third-order valence-corrected chi connectivity index (χ3v) is 4.72. The standard InChI is InChI=1S/C20H39N2/c1-4-6-7-8-9-10-11-12-13-14-15-17-22-19-18-21(16-5-2)20(22)3/h18-19H,4-17H2,1-3H3/q+1. The lowest BCUT2D eigenvalue weighted by atomic mass is 10.1. The van der Waals surface area contributed by atoms with Crippen molar-refractivity contribution in [2.75, 3.05) is 0 Å².